The highest BCUT2D eigenvalue weighted by Gasteiger charge is 2.31. The van der Waals surface area contributed by atoms with Gasteiger partial charge >= 0.3 is 11.9 Å². The summed E-state index contributed by atoms with van der Waals surface area (Å²) in [6, 6.07) is 24.8. The van der Waals surface area contributed by atoms with E-state index in [0.29, 0.717) is 29.9 Å². The molecule has 0 unspecified atom stereocenters. The molecule has 6 heteroatoms. The smallest absolute Gasteiger partial charge is 0.320 e. The van der Waals surface area contributed by atoms with E-state index < -0.39 is 17.9 Å². The molecule has 0 N–H and O–H groups in total. The van der Waals surface area contributed by atoms with E-state index in [-0.39, 0.29) is 19.6 Å². The lowest BCUT2D eigenvalue weighted by molar-refractivity contribution is -0.162. The Hall–Kier alpha value is -3.80. The van der Waals surface area contributed by atoms with Crippen molar-refractivity contribution in [1.29, 1.82) is 0 Å². The molecule has 3 aromatic carbocycles. The number of ether oxygens (including phenoxy) is 4. The molecule has 0 aliphatic carbocycles. The van der Waals surface area contributed by atoms with Crippen LogP contribution in [-0.2, 0) is 38.3 Å². The van der Waals surface area contributed by atoms with Gasteiger partial charge in [-0.2, -0.15) is 0 Å². The lowest BCUT2D eigenvalue weighted by atomic mass is 9.98. The van der Waals surface area contributed by atoms with E-state index in [9.17, 15) is 9.59 Å². The Morgan fingerprint density at radius 1 is 0.676 bits per heavy atom. The lowest BCUT2D eigenvalue weighted by Crippen LogP contribution is -2.31. The third-order valence-electron chi connectivity index (χ3n) is 5.43. The van der Waals surface area contributed by atoms with Crippen molar-refractivity contribution in [3.05, 3.63) is 95.6 Å². The van der Waals surface area contributed by atoms with Crippen molar-refractivity contribution >= 4 is 11.9 Å². The maximum atomic E-state index is 13.0. The highest BCUT2D eigenvalue weighted by Crippen LogP contribution is 2.32. The van der Waals surface area contributed by atoms with Crippen molar-refractivity contribution in [2.24, 2.45) is 5.92 Å². The number of hydrogen-bond donors (Lipinski definition) is 0. The third kappa shape index (κ3) is 7.10. The van der Waals surface area contributed by atoms with Crippen LogP contribution in [0.1, 0.15) is 16.7 Å². The molecule has 0 aliphatic rings. The Bertz CT molecular complexity index is 992. The zero-order chi connectivity index (χ0) is 24.2. The van der Waals surface area contributed by atoms with Crippen molar-refractivity contribution in [3.63, 3.8) is 0 Å². The lowest BCUT2D eigenvalue weighted by Gasteiger charge is -2.18. The van der Waals surface area contributed by atoms with Crippen LogP contribution in [0, 0.1) is 5.92 Å². The molecule has 0 spiro atoms. The zero-order valence-electron chi connectivity index (χ0n) is 19.6. The molecular weight excluding hydrogens is 432 g/mol. The molecular formula is C28H30O6. The van der Waals surface area contributed by atoms with Crippen molar-refractivity contribution in [2.75, 3.05) is 27.4 Å². The predicted molar refractivity (Wildman–Crippen MR) is 129 cm³/mol. The van der Waals surface area contributed by atoms with E-state index in [4.69, 9.17) is 18.9 Å². The minimum atomic E-state index is -1.12. The third-order valence-corrected chi connectivity index (χ3v) is 5.43. The van der Waals surface area contributed by atoms with Gasteiger partial charge in [0.15, 0.2) is 17.4 Å². The Kier molecular flexibility index (Phi) is 9.52. The summed E-state index contributed by atoms with van der Waals surface area (Å²) >= 11 is 0. The van der Waals surface area contributed by atoms with E-state index in [1.54, 1.807) is 18.2 Å². The van der Waals surface area contributed by atoms with Crippen molar-refractivity contribution in [1.82, 2.24) is 0 Å². The van der Waals surface area contributed by atoms with E-state index in [2.05, 4.69) is 0 Å². The number of rotatable bonds is 12. The van der Waals surface area contributed by atoms with E-state index in [1.807, 2.05) is 60.7 Å². The summed E-state index contributed by atoms with van der Waals surface area (Å²) in [6.07, 6.45) is 1.20. The first kappa shape index (κ1) is 24.8. The van der Waals surface area contributed by atoms with E-state index in [1.165, 1.54) is 14.2 Å². The van der Waals surface area contributed by atoms with Gasteiger partial charge in [-0.3, -0.25) is 9.59 Å². The summed E-state index contributed by atoms with van der Waals surface area (Å²) < 4.78 is 21.8. The normalized spacial score (nSPS) is 10.6. The van der Waals surface area contributed by atoms with Gasteiger partial charge in [-0.15, -0.1) is 0 Å². The summed E-state index contributed by atoms with van der Waals surface area (Å²) in [5, 5.41) is 0. The fraction of sp³-hybridized carbons (Fsp3) is 0.286. The van der Waals surface area contributed by atoms with Crippen molar-refractivity contribution in [2.45, 2.75) is 19.3 Å². The van der Waals surface area contributed by atoms with Crippen LogP contribution in [0.5, 0.6) is 11.5 Å². The Balaban J connectivity index is 1.69. The van der Waals surface area contributed by atoms with E-state index in [0.717, 1.165) is 11.1 Å². The maximum absolute atomic E-state index is 13.0. The molecule has 34 heavy (non-hydrogen) atoms. The van der Waals surface area contributed by atoms with Gasteiger partial charge in [-0.25, -0.2) is 0 Å². The summed E-state index contributed by atoms with van der Waals surface area (Å²) in [5.41, 5.74) is 2.75. The summed E-state index contributed by atoms with van der Waals surface area (Å²) in [7, 11) is 3.06. The van der Waals surface area contributed by atoms with Crippen LogP contribution in [-0.4, -0.2) is 39.4 Å². The van der Waals surface area contributed by atoms with Crippen LogP contribution in [0.4, 0.5) is 0 Å². The minimum absolute atomic E-state index is 0.0781. The number of carbonyl (C=O) groups is 2. The molecule has 0 atom stereocenters. The number of para-hydroxylation sites is 1. The summed E-state index contributed by atoms with van der Waals surface area (Å²) in [4.78, 5) is 25.9. The number of esters is 2. The second-order valence-corrected chi connectivity index (χ2v) is 7.72. The Morgan fingerprint density at radius 3 is 1.68 bits per heavy atom. The Labute approximate surface area is 200 Å². The van der Waals surface area contributed by atoms with Crippen LogP contribution < -0.4 is 9.47 Å². The van der Waals surface area contributed by atoms with Gasteiger partial charge in [0.25, 0.3) is 0 Å². The van der Waals surface area contributed by atoms with Crippen LogP contribution >= 0.6 is 0 Å². The molecule has 0 bridgehead atoms. The van der Waals surface area contributed by atoms with Gasteiger partial charge in [0.05, 0.1) is 27.4 Å². The van der Waals surface area contributed by atoms with Crippen LogP contribution in [0.25, 0.3) is 0 Å². The molecule has 178 valence electrons. The quantitative estimate of drug-likeness (QED) is 0.293. The van der Waals surface area contributed by atoms with Crippen LogP contribution in [0.3, 0.4) is 0 Å². The fourth-order valence-electron chi connectivity index (χ4n) is 3.63. The van der Waals surface area contributed by atoms with E-state index >= 15 is 0 Å². The van der Waals surface area contributed by atoms with Gasteiger partial charge in [-0.05, 0) is 22.8 Å². The number of hydrogen-bond acceptors (Lipinski definition) is 6. The molecule has 0 heterocycles. The van der Waals surface area contributed by atoms with Crippen molar-refractivity contribution in [3.8, 4) is 11.5 Å². The van der Waals surface area contributed by atoms with Gasteiger partial charge in [0.2, 0.25) is 0 Å². The van der Waals surface area contributed by atoms with Gasteiger partial charge < -0.3 is 18.9 Å². The summed E-state index contributed by atoms with van der Waals surface area (Å²) in [5.74, 6) is -1.36. The van der Waals surface area contributed by atoms with Gasteiger partial charge in [-0.1, -0.05) is 72.8 Å². The van der Waals surface area contributed by atoms with Gasteiger partial charge in [0, 0.05) is 19.3 Å². The first-order valence-electron chi connectivity index (χ1n) is 11.2. The average Bonchev–Trinajstić information content (AvgIpc) is 2.88. The molecule has 3 aromatic rings. The largest absolute Gasteiger partial charge is 0.493 e. The number of benzene rings is 3. The SMILES string of the molecule is COc1cccc(CC(C(=O)OCCc2ccccc2)C(=O)OCCc2ccccc2)c1OC. The number of methoxy groups -OCH3 is 2. The molecule has 0 fully saturated rings. The molecule has 3 rings (SSSR count). The summed E-state index contributed by atoms with van der Waals surface area (Å²) in [6.45, 7) is 0.345. The van der Waals surface area contributed by atoms with Crippen molar-refractivity contribution < 1.29 is 28.5 Å². The average molecular weight is 463 g/mol. The first-order chi connectivity index (χ1) is 16.6. The first-order valence-corrected chi connectivity index (χ1v) is 11.2. The second-order valence-electron chi connectivity index (χ2n) is 7.72. The highest BCUT2D eigenvalue weighted by molar-refractivity contribution is 5.95. The standard InChI is InChI=1S/C28H30O6/c1-31-25-15-9-14-23(26(25)32-2)20-24(27(29)33-18-16-21-10-5-3-6-11-21)28(30)34-19-17-22-12-7-4-8-13-22/h3-15,24H,16-20H2,1-2H3. The molecule has 6 nitrogen and oxygen atoms in total. The zero-order valence-corrected chi connectivity index (χ0v) is 19.6. The molecule has 0 amide bonds. The highest BCUT2D eigenvalue weighted by atomic mass is 16.6. The number of carbonyl (C=O) groups excluding carboxylic acids is 2. The molecule has 0 saturated carbocycles. The van der Waals surface area contributed by atoms with Crippen LogP contribution in [0.2, 0.25) is 0 Å². The maximum Gasteiger partial charge on any atom is 0.320 e. The minimum Gasteiger partial charge on any atom is -0.493 e. The monoisotopic (exact) mass is 462 g/mol. The van der Waals surface area contributed by atoms with Gasteiger partial charge in [0.1, 0.15) is 0 Å². The molecule has 0 radical (unpaired) electrons. The molecule has 0 aliphatic heterocycles. The molecule has 0 aromatic heterocycles. The predicted octanol–water partition coefficient (Wildman–Crippen LogP) is 4.43. The Morgan fingerprint density at radius 2 is 1.21 bits per heavy atom. The topological polar surface area (TPSA) is 71.1 Å². The van der Waals surface area contributed by atoms with Crippen LogP contribution in [0.15, 0.2) is 78.9 Å². The second kappa shape index (κ2) is 13.0. The fourth-order valence-corrected chi connectivity index (χ4v) is 3.63. The molecule has 0 saturated heterocycles.